The van der Waals surface area contributed by atoms with Crippen LogP contribution in [0.1, 0.15) is 18.4 Å². The molecule has 0 radical (unpaired) electrons. The molecule has 154 valence electrons. The second-order valence-electron chi connectivity index (χ2n) is 7.23. The number of piperidine rings is 1. The van der Waals surface area contributed by atoms with Gasteiger partial charge in [-0.05, 0) is 42.7 Å². The van der Waals surface area contributed by atoms with Crippen LogP contribution in [-0.2, 0) is 11.3 Å². The van der Waals surface area contributed by atoms with Crippen LogP contribution < -0.4 is 15.0 Å². The highest BCUT2D eigenvalue weighted by Crippen LogP contribution is 2.31. The third kappa shape index (κ3) is 5.07. The number of nitrogens with zero attached hydrogens (tertiary/aromatic N) is 3. The number of anilines is 1. The Morgan fingerprint density at radius 1 is 1.13 bits per heavy atom. The van der Waals surface area contributed by atoms with Crippen molar-refractivity contribution in [3.63, 3.8) is 0 Å². The van der Waals surface area contributed by atoms with Gasteiger partial charge in [0.1, 0.15) is 5.75 Å². The Bertz CT molecular complexity index is 999. The number of hydrogen-bond donors (Lipinski definition) is 1. The molecule has 1 N–H and O–H groups in total. The molecule has 0 aliphatic carbocycles. The molecule has 4 rings (SSSR count). The second-order valence-corrected chi connectivity index (χ2v) is 7.67. The molecule has 1 fully saturated rings. The molecule has 3 aromatic rings. The third-order valence-corrected chi connectivity index (χ3v) is 5.29. The first-order valence-electron chi connectivity index (χ1n) is 10.00. The zero-order chi connectivity index (χ0) is 20.8. The number of nitrogens with one attached hydrogen (secondary N) is 1. The van der Waals surface area contributed by atoms with E-state index in [1.165, 1.54) is 0 Å². The monoisotopic (exact) mass is 422 g/mol. The standard InChI is InChI=1S/C23H23ClN4O2/c24-19-8-4-6-17(14-19)15-27-22(29)18-7-5-13-28(16-18)21-23(26-12-11-25-21)30-20-9-2-1-3-10-20/h1-4,6,8-12,14,18H,5,7,13,15-16H2,(H,27,29). The van der Waals surface area contributed by atoms with E-state index in [4.69, 9.17) is 16.3 Å². The van der Waals surface area contributed by atoms with Gasteiger partial charge < -0.3 is 15.0 Å². The number of aromatic nitrogens is 2. The molecule has 1 aliphatic heterocycles. The molecule has 6 nitrogen and oxygen atoms in total. The fourth-order valence-electron chi connectivity index (χ4n) is 3.57. The lowest BCUT2D eigenvalue weighted by Gasteiger charge is -2.33. The molecule has 1 saturated heterocycles. The summed E-state index contributed by atoms with van der Waals surface area (Å²) < 4.78 is 5.95. The molecular weight excluding hydrogens is 400 g/mol. The van der Waals surface area contributed by atoms with Crippen LogP contribution in [0, 0.1) is 5.92 Å². The molecule has 1 aliphatic rings. The van der Waals surface area contributed by atoms with Crippen LogP contribution in [0.4, 0.5) is 5.82 Å². The fraction of sp³-hybridized carbons (Fsp3) is 0.261. The Morgan fingerprint density at radius 3 is 2.80 bits per heavy atom. The molecule has 1 amide bonds. The summed E-state index contributed by atoms with van der Waals surface area (Å²) in [6.07, 6.45) is 5.00. The number of amides is 1. The van der Waals surface area contributed by atoms with E-state index in [2.05, 4.69) is 20.2 Å². The molecule has 30 heavy (non-hydrogen) atoms. The maximum absolute atomic E-state index is 12.8. The largest absolute Gasteiger partial charge is 0.436 e. The van der Waals surface area contributed by atoms with Crippen molar-refractivity contribution in [3.05, 3.63) is 77.6 Å². The van der Waals surface area contributed by atoms with Crippen molar-refractivity contribution in [3.8, 4) is 11.6 Å². The van der Waals surface area contributed by atoms with Gasteiger partial charge in [0, 0.05) is 37.1 Å². The zero-order valence-corrected chi connectivity index (χ0v) is 17.3. The van der Waals surface area contributed by atoms with Crippen molar-refractivity contribution in [1.82, 2.24) is 15.3 Å². The van der Waals surface area contributed by atoms with E-state index >= 15 is 0 Å². The first-order chi connectivity index (χ1) is 14.7. The molecule has 2 aromatic carbocycles. The van der Waals surface area contributed by atoms with Crippen LogP contribution in [-0.4, -0.2) is 29.0 Å². The minimum absolute atomic E-state index is 0.0362. The van der Waals surface area contributed by atoms with Crippen molar-refractivity contribution in [1.29, 1.82) is 0 Å². The van der Waals surface area contributed by atoms with Crippen LogP contribution in [0.3, 0.4) is 0 Å². The molecule has 7 heteroatoms. The molecule has 1 atom stereocenters. The first-order valence-corrected chi connectivity index (χ1v) is 10.4. The number of halogens is 1. The molecule has 2 heterocycles. The Labute approximate surface area is 180 Å². The number of rotatable bonds is 6. The van der Waals surface area contributed by atoms with Gasteiger partial charge in [0.2, 0.25) is 5.91 Å². The number of ether oxygens (including phenoxy) is 1. The summed E-state index contributed by atoms with van der Waals surface area (Å²) in [6.45, 7) is 1.84. The minimum Gasteiger partial charge on any atom is -0.436 e. The summed E-state index contributed by atoms with van der Waals surface area (Å²) in [7, 11) is 0. The van der Waals surface area contributed by atoms with Crippen molar-refractivity contribution in [2.45, 2.75) is 19.4 Å². The van der Waals surface area contributed by atoms with E-state index in [1.54, 1.807) is 12.4 Å². The summed E-state index contributed by atoms with van der Waals surface area (Å²) >= 11 is 6.02. The maximum atomic E-state index is 12.8. The quantitative estimate of drug-likeness (QED) is 0.635. The number of carbonyl (C=O) groups excluding carboxylic acids is 1. The van der Waals surface area contributed by atoms with Gasteiger partial charge in [-0.3, -0.25) is 4.79 Å². The zero-order valence-electron chi connectivity index (χ0n) is 16.5. The van der Waals surface area contributed by atoms with Gasteiger partial charge in [-0.2, -0.15) is 0 Å². The lowest BCUT2D eigenvalue weighted by Crippen LogP contribution is -2.43. The average Bonchev–Trinajstić information content (AvgIpc) is 2.79. The number of carbonyl (C=O) groups is 1. The lowest BCUT2D eigenvalue weighted by molar-refractivity contribution is -0.125. The van der Waals surface area contributed by atoms with Crippen molar-refractivity contribution >= 4 is 23.3 Å². The molecule has 1 unspecified atom stereocenters. The van der Waals surface area contributed by atoms with Crippen molar-refractivity contribution in [2.24, 2.45) is 5.92 Å². The Hall–Kier alpha value is -3.12. The highest BCUT2D eigenvalue weighted by molar-refractivity contribution is 6.30. The minimum atomic E-state index is -0.121. The summed E-state index contributed by atoms with van der Waals surface area (Å²) in [4.78, 5) is 23.7. The molecule has 0 spiro atoms. The number of para-hydroxylation sites is 1. The second kappa shape index (κ2) is 9.59. The predicted molar refractivity (Wildman–Crippen MR) is 117 cm³/mol. The fourth-order valence-corrected chi connectivity index (χ4v) is 3.78. The van der Waals surface area contributed by atoms with E-state index in [-0.39, 0.29) is 11.8 Å². The van der Waals surface area contributed by atoms with Gasteiger partial charge in [0.05, 0.1) is 5.92 Å². The van der Waals surface area contributed by atoms with Crippen molar-refractivity contribution in [2.75, 3.05) is 18.0 Å². The lowest BCUT2D eigenvalue weighted by atomic mass is 9.97. The average molecular weight is 423 g/mol. The molecule has 0 saturated carbocycles. The van der Waals surface area contributed by atoms with Crippen LogP contribution in [0.25, 0.3) is 0 Å². The third-order valence-electron chi connectivity index (χ3n) is 5.05. The van der Waals surface area contributed by atoms with Crippen LogP contribution >= 0.6 is 11.6 Å². The first kappa shape index (κ1) is 20.2. The van der Waals surface area contributed by atoms with Gasteiger partial charge in [-0.1, -0.05) is 41.9 Å². The predicted octanol–water partition coefficient (Wildman–Crippen LogP) is 4.46. The highest BCUT2D eigenvalue weighted by atomic mass is 35.5. The van der Waals surface area contributed by atoms with Crippen LogP contribution in [0.5, 0.6) is 11.6 Å². The molecule has 1 aromatic heterocycles. The summed E-state index contributed by atoms with van der Waals surface area (Å²) in [5.74, 6) is 1.73. The number of benzene rings is 2. The van der Waals surface area contributed by atoms with Gasteiger partial charge in [-0.15, -0.1) is 0 Å². The smallest absolute Gasteiger partial charge is 0.263 e. The normalized spacial score (nSPS) is 16.2. The van der Waals surface area contributed by atoms with Crippen LogP contribution in [0.15, 0.2) is 67.0 Å². The van der Waals surface area contributed by atoms with E-state index in [0.717, 1.165) is 24.9 Å². The van der Waals surface area contributed by atoms with E-state index in [9.17, 15) is 4.79 Å². The van der Waals surface area contributed by atoms with Crippen LogP contribution in [0.2, 0.25) is 5.02 Å². The topological polar surface area (TPSA) is 67.4 Å². The van der Waals surface area contributed by atoms with E-state index in [1.807, 2.05) is 54.6 Å². The van der Waals surface area contributed by atoms with E-state index in [0.29, 0.717) is 35.6 Å². The Morgan fingerprint density at radius 2 is 1.97 bits per heavy atom. The SMILES string of the molecule is O=C(NCc1cccc(Cl)c1)C1CCCN(c2nccnc2Oc2ccccc2)C1. The highest BCUT2D eigenvalue weighted by Gasteiger charge is 2.28. The summed E-state index contributed by atoms with van der Waals surface area (Å²) in [6, 6.07) is 17.0. The van der Waals surface area contributed by atoms with Gasteiger partial charge in [-0.25, -0.2) is 9.97 Å². The maximum Gasteiger partial charge on any atom is 0.263 e. The van der Waals surface area contributed by atoms with Gasteiger partial charge in [0.15, 0.2) is 5.82 Å². The summed E-state index contributed by atoms with van der Waals surface area (Å²) in [5, 5.41) is 3.70. The number of hydrogen-bond acceptors (Lipinski definition) is 5. The summed E-state index contributed by atoms with van der Waals surface area (Å²) in [5.41, 5.74) is 0.982. The molecular formula is C23H23ClN4O2. The Balaban J connectivity index is 1.42. The van der Waals surface area contributed by atoms with Gasteiger partial charge in [0.25, 0.3) is 5.88 Å². The Kier molecular flexibility index (Phi) is 6.44. The van der Waals surface area contributed by atoms with Gasteiger partial charge >= 0.3 is 0 Å². The van der Waals surface area contributed by atoms with Crippen molar-refractivity contribution < 1.29 is 9.53 Å². The van der Waals surface area contributed by atoms with E-state index < -0.39 is 0 Å². The molecule has 0 bridgehead atoms.